The van der Waals surface area contributed by atoms with Crippen molar-refractivity contribution in [2.75, 3.05) is 0 Å². The number of hydrogen-bond donors (Lipinski definition) is 1. The van der Waals surface area contributed by atoms with Crippen LogP contribution in [0, 0.1) is 5.82 Å². The lowest BCUT2D eigenvalue weighted by Gasteiger charge is -2.15. The van der Waals surface area contributed by atoms with Crippen molar-refractivity contribution in [3.63, 3.8) is 0 Å². The van der Waals surface area contributed by atoms with Crippen LogP contribution in [-0.4, -0.2) is 6.04 Å². The summed E-state index contributed by atoms with van der Waals surface area (Å²) in [5.74, 6) is 0.0145. The first kappa shape index (κ1) is 9.20. The molecule has 0 amide bonds. The average Bonchev–Trinajstić information content (AvgIpc) is 2.03. The summed E-state index contributed by atoms with van der Waals surface area (Å²) in [5, 5.41) is 0. The standard InChI is InChI=1S/C10H14FN/c1-7(8(2)12)9-4-3-5-10(11)6-9/h3-8H,12H2,1-2H3/t7?,8-/m1/s1. The van der Waals surface area contributed by atoms with Gasteiger partial charge in [-0.15, -0.1) is 0 Å². The average molecular weight is 167 g/mol. The molecule has 0 saturated heterocycles. The molecule has 2 atom stereocenters. The van der Waals surface area contributed by atoms with E-state index in [4.69, 9.17) is 5.73 Å². The molecule has 0 heterocycles. The third kappa shape index (κ3) is 2.05. The molecule has 0 aliphatic carbocycles. The molecule has 1 unspecified atom stereocenters. The zero-order valence-corrected chi connectivity index (χ0v) is 7.42. The Morgan fingerprint density at radius 3 is 2.50 bits per heavy atom. The van der Waals surface area contributed by atoms with Gasteiger partial charge in [0, 0.05) is 6.04 Å². The molecule has 1 rings (SSSR count). The monoisotopic (exact) mass is 167 g/mol. The van der Waals surface area contributed by atoms with Crippen molar-refractivity contribution in [2.24, 2.45) is 5.73 Å². The molecule has 12 heavy (non-hydrogen) atoms. The van der Waals surface area contributed by atoms with E-state index in [2.05, 4.69) is 0 Å². The topological polar surface area (TPSA) is 26.0 Å². The number of benzene rings is 1. The third-order valence-electron chi connectivity index (χ3n) is 2.16. The molecule has 0 spiro atoms. The van der Waals surface area contributed by atoms with Gasteiger partial charge in [0.05, 0.1) is 0 Å². The number of nitrogens with two attached hydrogens (primary N) is 1. The lowest BCUT2D eigenvalue weighted by molar-refractivity contribution is 0.594. The van der Waals surface area contributed by atoms with Gasteiger partial charge in [-0.1, -0.05) is 19.1 Å². The molecule has 0 bridgehead atoms. The molecule has 0 aliphatic rings. The van der Waals surface area contributed by atoms with Gasteiger partial charge < -0.3 is 5.73 Å². The van der Waals surface area contributed by atoms with Gasteiger partial charge >= 0.3 is 0 Å². The summed E-state index contributed by atoms with van der Waals surface area (Å²) in [5.41, 5.74) is 6.66. The Morgan fingerprint density at radius 1 is 1.33 bits per heavy atom. The summed E-state index contributed by atoms with van der Waals surface area (Å²) in [6, 6.07) is 6.65. The number of hydrogen-bond acceptors (Lipinski definition) is 1. The Balaban J connectivity index is 2.88. The molecule has 0 fully saturated rings. The van der Waals surface area contributed by atoms with Gasteiger partial charge in [0.1, 0.15) is 5.82 Å². The molecular formula is C10H14FN. The first-order chi connectivity index (χ1) is 5.61. The molecule has 66 valence electrons. The van der Waals surface area contributed by atoms with Crippen LogP contribution in [0.1, 0.15) is 25.3 Å². The van der Waals surface area contributed by atoms with Crippen LogP contribution in [0.2, 0.25) is 0 Å². The van der Waals surface area contributed by atoms with Crippen molar-refractivity contribution in [2.45, 2.75) is 25.8 Å². The van der Waals surface area contributed by atoms with E-state index in [1.807, 2.05) is 19.9 Å². The van der Waals surface area contributed by atoms with E-state index in [1.54, 1.807) is 6.07 Å². The van der Waals surface area contributed by atoms with E-state index in [0.717, 1.165) is 5.56 Å². The molecule has 1 aromatic carbocycles. The second kappa shape index (κ2) is 3.68. The minimum absolute atomic E-state index is 0.0619. The van der Waals surface area contributed by atoms with Crippen molar-refractivity contribution >= 4 is 0 Å². The highest BCUT2D eigenvalue weighted by atomic mass is 19.1. The van der Waals surface area contributed by atoms with Crippen molar-refractivity contribution in [1.82, 2.24) is 0 Å². The van der Waals surface area contributed by atoms with E-state index < -0.39 is 0 Å². The van der Waals surface area contributed by atoms with Crippen LogP contribution in [0.25, 0.3) is 0 Å². The zero-order chi connectivity index (χ0) is 9.14. The fraction of sp³-hybridized carbons (Fsp3) is 0.400. The van der Waals surface area contributed by atoms with Crippen LogP contribution in [0.4, 0.5) is 4.39 Å². The first-order valence-electron chi connectivity index (χ1n) is 4.12. The van der Waals surface area contributed by atoms with E-state index >= 15 is 0 Å². The highest BCUT2D eigenvalue weighted by molar-refractivity contribution is 5.21. The number of halogens is 1. The summed E-state index contributed by atoms with van der Waals surface area (Å²) in [6.45, 7) is 3.93. The van der Waals surface area contributed by atoms with Gasteiger partial charge in [-0.3, -0.25) is 0 Å². The third-order valence-corrected chi connectivity index (χ3v) is 2.16. The summed E-state index contributed by atoms with van der Waals surface area (Å²) < 4.78 is 12.8. The highest BCUT2D eigenvalue weighted by Crippen LogP contribution is 2.18. The molecule has 2 N–H and O–H groups in total. The van der Waals surface area contributed by atoms with Gasteiger partial charge in [-0.25, -0.2) is 4.39 Å². The molecule has 2 heteroatoms. The van der Waals surface area contributed by atoms with E-state index in [9.17, 15) is 4.39 Å². The molecule has 0 aliphatic heterocycles. The van der Waals surface area contributed by atoms with E-state index in [0.29, 0.717) is 0 Å². The molecular weight excluding hydrogens is 153 g/mol. The van der Waals surface area contributed by atoms with Crippen LogP contribution >= 0.6 is 0 Å². The Hall–Kier alpha value is -0.890. The summed E-state index contributed by atoms with van der Waals surface area (Å²) >= 11 is 0. The van der Waals surface area contributed by atoms with E-state index in [-0.39, 0.29) is 17.8 Å². The lowest BCUT2D eigenvalue weighted by atomic mass is 9.95. The predicted molar refractivity (Wildman–Crippen MR) is 48.5 cm³/mol. The molecule has 1 aromatic rings. The van der Waals surface area contributed by atoms with Gasteiger partial charge in [0.15, 0.2) is 0 Å². The summed E-state index contributed by atoms with van der Waals surface area (Å²) in [4.78, 5) is 0. The largest absolute Gasteiger partial charge is 0.327 e. The number of rotatable bonds is 2. The quantitative estimate of drug-likeness (QED) is 0.718. The van der Waals surface area contributed by atoms with Crippen LogP contribution in [0.3, 0.4) is 0 Å². The highest BCUT2D eigenvalue weighted by Gasteiger charge is 2.09. The summed E-state index contributed by atoms with van der Waals surface area (Å²) in [7, 11) is 0. The van der Waals surface area contributed by atoms with Gasteiger partial charge in [0.2, 0.25) is 0 Å². The second-order valence-electron chi connectivity index (χ2n) is 3.20. The maximum atomic E-state index is 12.8. The zero-order valence-electron chi connectivity index (χ0n) is 7.42. The molecule has 0 radical (unpaired) electrons. The maximum absolute atomic E-state index is 12.8. The van der Waals surface area contributed by atoms with E-state index in [1.165, 1.54) is 12.1 Å². The van der Waals surface area contributed by atoms with Crippen molar-refractivity contribution in [3.8, 4) is 0 Å². The van der Waals surface area contributed by atoms with Gasteiger partial charge in [-0.2, -0.15) is 0 Å². The molecule has 0 aromatic heterocycles. The van der Waals surface area contributed by atoms with Gasteiger partial charge in [-0.05, 0) is 30.5 Å². The van der Waals surface area contributed by atoms with Crippen LogP contribution in [-0.2, 0) is 0 Å². The molecule has 1 nitrogen and oxygen atoms in total. The van der Waals surface area contributed by atoms with Crippen LogP contribution < -0.4 is 5.73 Å². The Bertz CT molecular complexity index is 258. The lowest BCUT2D eigenvalue weighted by Crippen LogP contribution is -2.22. The minimum atomic E-state index is -0.194. The Labute approximate surface area is 72.4 Å². The Kier molecular flexibility index (Phi) is 2.82. The predicted octanol–water partition coefficient (Wildman–Crippen LogP) is 2.28. The normalized spacial score (nSPS) is 15.7. The first-order valence-corrected chi connectivity index (χ1v) is 4.12. The smallest absolute Gasteiger partial charge is 0.123 e. The summed E-state index contributed by atoms with van der Waals surface area (Å²) in [6.07, 6.45) is 0. The fourth-order valence-electron chi connectivity index (χ4n) is 1.09. The maximum Gasteiger partial charge on any atom is 0.123 e. The van der Waals surface area contributed by atoms with Crippen molar-refractivity contribution in [3.05, 3.63) is 35.6 Å². The fourth-order valence-corrected chi connectivity index (χ4v) is 1.09. The second-order valence-corrected chi connectivity index (χ2v) is 3.20. The Morgan fingerprint density at radius 2 is 2.00 bits per heavy atom. The SMILES string of the molecule is CC(c1cccc(F)c1)[C@@H](C)N. The van der Waals surface area contributed by atoms with Crippen LogP contribution in [0.5, 0.6) is 0 Å². The molecule has 0 saturated carbocycles. The van der Waals surface area contributed by atoms with Crippen molar-refractivity contribution in [1.29, 1.82) is 0 Å². The van der Waals surface area contributed by atoms with Crippen LogP contribution in [0.15, 0.2) is 24.3 Å². The minimum Gasteiger partial charge on any atom is -0.327 e. The van der Waals surface area contributed by atoms with Gasteiger partial charge in [0.25, 0.3) is 0 Å². The van der Waals surface area contributed by atoms with Crippen molar-refractivity contribution < 1.29 is 4.39 Å².